The van der Waals surface area contributed by atoms with Gasteiger partial charge in [-0.2, -0.15) is 0 Å². The molecule has 2 saturated heterocycles. The summed E-state index contributed by atoms with van der Waals surface area (Å²) in [5.74, 6) is -4.92. The zero-order valence-electron chi connectivity index (χ0n) is 43.0. The van der Waals surface area contributed by atoms with E-state index in [0.29, 0.717) is 23.1 Å². The lowest BCUT2D eigenvalue weighted by Gasteiger charge is -2.47. The van der Waals surface area contributed by atoms with Gasteiger partial charge in [0.05, 0.1) is 53.1 Å². The molecule has 20 heteroatoms. The SMILES string of the molecule is CCc1c(Cl)c(O)c(Cl)c(O)c1C(=O)O[C@@H]1[C@@H](O)[C@@H](OC)[C@@H](OC/C2=C/C=C\CC(O)/C(C)=C\C(CC)C(O[C@@H]3OC(C)(C)[C@H](O)[C@H](O)[C@@H]3OC(=O)C(C)C)/C(C)=C\C(C)=C/CC(C(C)O)OC2=O)O[C@H]1C. The lowest BCUT2D eigenvalue weighted by molar-refractivity contribution is -0.333. The Morgan fingerprint density at radius 2 is 1.57 bits per heavy atom. The molecule has 3 heterocycles. The monoisotopic (exact) mass is 1060 g/mol. The molecule has 0 saturated carbocycles. The first-order valence-corrected chi connectivity index (χ1v) is 24.9. The highest BCUT2D eigenvalue weighted by molar-refractivity contribution is 6.39. The van der Waals surface area contributed by atoms with Gasteiger partial charge < -0.3 is 73.6 Å². The summed E-state index contributed by atoms with van der Waals surface area (Å²) in [6.45, 7) is 18.0. The number of halogens is 2. The lowest BCUT2D eigenvalue weighted by Crippen LogP contribution is -2.64. The Bertz CT molecular complexity index is 2220. The van der Waals surface area contributed by atoms with Gasteiger partial charge in [-0.15, -0.1) is 0 Å². The van der Waals surface area contributed by atoms with Crippen LogP contribution in [0.15, 0.2) is 58.7 Å². The van der Waals surface area contributed by atoms with Crippen LogP contribution in [0.3, 0.4) is 0 Å². The van der Waals surface area contributed by atoms with E-state index in [2.05, 4.69) is 0 Å². The van der Waals surface area contributed by atoms with Crippen molar-refractivity contribution in [1.29, 1.82) is 0 Å². The third-order valence-electron chi connectivity index (χ3n) is 13.0. The van der Waals surface area contributed by atoms with Crippen LogP contribution in [0.5, 0.6) is 11.5 Å². The van der Waals surface area contributed by atoms with E-state index < -0.39 is 144 Å². The van der Waals surface area contributed by atoms with Crippen molar-refractivity contribution in [3.05, 3.63) is 79.9 Å². The highest BCUT2D eigenvalue weighted by Crippen LogP contribution is 2.45. The standard InChI is InChI=1S/C52H74Cl2O18/c1-13-30-22-26(6)33(56)18-16-15-17-31(23-66-50-44(65-12)40(59)43(29(9)67-50)69-49(64)35-32(14-2)36(53)39(58)37(54)38(35)57)48(63)68-34(28(8)55)20-19-25(5)21-27(7)42(30)71-51-45(70-47(62)24(3)4)41(60)46(61)52(10,11)72-51/h15-17,19,21-22,24,28-30,33-34,40-46,50-51,55-61H,13-14,18,20,23H2,1-12H3/b16-15-,25-19-,26-22-,27-21-,31-17-/t28?,29-,30?,33?,34?,40+,41+,42?,43-,44+,45-,46+,50-,51+/m0/s1. The Kier molecular flexibility index (Phi) is 22.4. The van der Waals surface area contributed by atoms with Crippen molar-refractivity contribution in [1.82, 2.24) is 0 Å². The van der Waals surface area contributed by atoms with E-state index in [0.717, 1.165) is 0 Å². The number of phenolic OH excluding ortho intramolecular Hbond substituents is 2. The van der Waals surface area contributed by atoms with Crippen LogP contribution in [0.1, 0.15) is 111 Å². The minimum Gasteiger partial charge on any atom is -0.505 e. The Hall–Kier alpha value is -3.89. The number of hydrogen-bond acceptors (Lipinski definition) is 18. The van der Waals surface area contributed by atoms with Gasteiger partial charge in [-0.1, -0.05) is 86.9 Å². The van der Waals surface area contributed by atoms with Crippen LogP contribution in [0.2, 0.25) is 10.0 Å². The molecule has 404 valence electrons. The zero-order valence-corrected chi connectivity index (χ0v) is 44.5. The molecule has 5 unspecified atom stereocenters. The number of aliphatic hydroxyl groups excluding tert-OH is 5. The molecule has 0 amide bonds. The summed E-state index contributed by atoms with van der Waals surface area (Å²) in [5.41, 5.74) is 0.279. The molecule has 3 aliphatic rings. The number of aliphatic hydroxyl groups is 5. The molecule has 2 fully saturated rings. The van der Waals surface area contributed by atoms with Crippen molar-refractivity contribution in [3.8, 4) is 11.5 Å². The highest BCUT2D eigenvalue weighted by atomic mass is 35.5. The van der Waals surface area contributed by atoms with E-state index in [4.69, 9.17) is 61.1 Å². The number of esters is 3. The number of ether oxygens (including phenoxy) is 8. The van der Waals surface area contributed by atoms with Crippen LogP contribution < -0.4 is 0 Å². The van der Waals surface area contributed by atoms with Crippen molar-refractivity contribution in [2.24, 2.45) is 11.8 Å². The van der Waals surface area contributed by atoms with Gasteiger partial charge in [0.15, 0.2) is 36.3 Å². The second-order valence-corrected chi connectivity index (χ2v) is 20.1. The van der Waals surface area contributed by atoms with E-state index in [1.54, 1.807) is 53.7 Å². The predicted octanol–water partition coefficient (Wildman–Crippen LogP) is 6.23. The van der Waals surface area contributed by atoms with Gasteiger partial charge in [-0.25, -0.2) is 9.59 Å². The van der Waals surface area contributed by atoms with Gasteiger partial charge in [0.25, 0.3) is 0 Å². The highest BCUT2D eigenvalue weighted by Gasteiger charge is 2.53. The third kappa shape index (κ3) is 14.7. The Labute approximate surface area is 431 Å². The fraction of sp³-hybridized carbons (Fsp3) is 0.635. The largest absolute Gasteiger partial charge is 0.505 e. The van der Waals surface area contributed by atoms with Crippen molar-refractivity contribution >= 4 is 41.1 Å². The number of aromatic hydroxyl groups is 2. The molecule has 0 aliphatic carbocycles. The number of phenols is 2. The molecule has 18 nitrogen and oxygen atoms in total. The van der Waals surface area contributed by atoms with Crippen LogP contribution in [0.25, 0.3) is 0 Å². The molecule has 1 aromatic carbocycles. The summed E-state index contributed by atoms with van der Waals surface area (Å²) in [6, 6.07) is 0. The van der Waals surface area contributed by atoms with Crippen molar-refractivity contribution in [3.63, 3.8) is 0 Å². The fourth-order valence-corrected chi connectivity index (χ4v) is 9.08. The van der Waals surface area contributed by atoms with E-state index >= 15 is 0 Å². The van der Waals surface area contributed by atoms with Crippen LogP contribution in [0, 0.1) is 11.8 Å². The first-order chi connectivity index (χ1) is 33.7. The molecule has 14 atom stereocenters. The maximum atomic E-state index is 14.0. The first kappa shape index (κ1) is 60.7. The molecular weight excluding hydrogens is 983 g/mol. The number of methoxy groups -OCH3 is 1. The molecule has 0 bridgehead atoms. The number of cyclic esters (lactones) is 1. The second-order valence-electron chi connectivity index (χ2n) is 19.4. The summed E-state index contributed by atoms with van der Waals surface area (Å²) in [6.07, 6.45) is -5.45. The summed E-state index contributed by atoms with van der Waals surface area (Å²) < 4.78 is 47.8. The van der Waals surface area contributed by atoms with E-state index in [-0.39, 0.29) is 35.4 Å². The maximum Gasteiger partial charge on any atom is 0.342 e. The Morgan fingerprint density at radius 3 is 2.17 bits per heavy atom. The molecular formula is C52H74Cl2O18. The number of rotatable bonds is 13. The number of carbonyl (C=O) groups is 3. The van der Waals surface area contributed by atoms with Gasteiger partial charge in [0.1, 0.15) is 41.1 Å². The van der Waals surface area contributed by atoms with E-state index in [9.17, 15) is 50.1 Å². The average molecular weight is 1060 g/mol. The molecule has 0 radical (unpaired) electrons. The van der Waals surface area contributed by atoms with Gasteiger partial charge in [0.2, 0.25) is 0 Å². The number of carbonyl (C=O) groups excluding carboxylic acids is 3. The number of benzene rings is 1. The molecule has 4 rings (SSSR count). The lowest BCUT2D eigenvalue weighted by atomic mass is 9.88. The maximum absolute atomic E-state index is 14.0. The molecule has 7 N–H and O–H groups in total. The summed E-state index contributed by atoms with van der Waals surface area (Å²) in [5, 5.41) is 76.1. The van der Waals surface area contributed by atoms with E-state index in [1.807, 2.05) is 32.9 Å². The van der Waals surface area contributed by atoms with Crippen molar-refractivity contribution in [2.45, 2.75) is 187 Å². The Morgan fingerprint density at radius 1 is 0.903 bits per heavy atom. The van der Waals surface area contributed by atoms with E-state index in [1.165, 1.54) is 33.1 Å². The second kappa shape index (κ2) is 26.5. The van der Waals surface area contributed by atoms with Crippen LogP contribution in [-0.4, -0.2) is 153 Å². The third-order valence-corrected chi connectivity index (χ3v) is 13.8. The molecule has 1 aromatic rings. The summed E-state index contributed by atoms with van der Waals surface area (Å²) >= 11 is 12.3. The quantitative estimate of drug-likeness (QED) is 0.0655. The fourth-order valence-electron chi connectivity index (χ4n) is 8.52. The first-order valence-electron chi connectivity index (χ1n) is 24.2. The van der Waals surface area contributed by atoms with Crippen LogP contribution >= 0.6 is 23.2 Å². The van der Waals surface area contributed by atoms with Gasteiger partial charge in [-0.05, 0) is 90.5 Å². The zero-order chi connectivity index (χ0) is 54.1. The summed E-state index contributed by atoms with van der Waals surface area (Å²) in [4.78, 5) is 40.3. The molecule has 3 aliphatic heterocycles. The van der Waals surface area contributed by atoms with Crippen molar-refractivity contribution in [2.75, 3.05) is 13.7 Å². The molecule has 0 aromatic heterocycles. The summed E-state index contributed by atoms with van der Waals surface area (Å²) in [7, 11) is 1.26. The number of hydrogen-bond donors (Lipinski definition) is 7. The Balaban J connectivity index is 1.64. The van der Waals surface area contributed by atoms with Gasteiger partial charge >= 0.3 is 17.9 Å². The molecule has 72 heavy (non-hydrogen) atoms. The average Bonchev–Trinajstić information content (AvgIpc) is 3.32. The predicted molar refractivity (Wildman–Crippen MR) is 265 cm³/mol. The van der Waals surface area contributed by atoms with Gasteiger partial charge in [0, 0.05) is 19.4 Å². The smallest absolute Gasteiger partial charge is 0.342 e. The van der Waals surface area contributed by atoms with Gasteiger partial charge in [-0.3, -0.25) is 4.79 Å². The van der Waals surface area contributed by atoms with Crippen LogP contribution in [0.4, 0.5) is 0 Å². The van der Waals surface area contributed by atoms with Crippen LogP contribution in [-0.2, 0) is 53.9 Å². The minimum atomic E-state index is -1.57. The molecule has 0 spiro atoms. The normalized spacial score (nSPS) is 34.8. The number of allylic oxidation sites excluding steroid dienone is 4. The van der Waals surface area contributed by atoms with Crippen molar-refractivity contribution < 1.29 is 88.0 Å². The minimum absolute atomic E-state index is 0.0387. The topological polar surface area (TPSA) is 267 Å².